The van der Waals surface area contributed by atoms with Gasteiger partial charge in [0.15, 0.2) is 22.8 Å². The summed E-state index contributed by atoms with van der Waals surface area (Å²) in [4.78, 5) is 30.7. The van der Waals surface area contributed by atoms with Crippen LogP contribution >= 0.6 is 11.8 Å². The second-order valence-electron chi connectivity index (χ2n) is 8.21. The van der Waals surface area contributed by atoms with E-state index in [2.05, 4.69) is 12.2 Å². The predicted molar refractivity (Wildman–Crippen MR) is 138 cm³/mol. The Bertz CT molecular complexity index is 1420. The van der Waals surface area contributed by atoms with E-state index in [4.69, 9.17) is 14.5 Å². The number of aryl methyl sites for hydroxylation is 1. The molecule has 178 valence electrons. The summed E-state index contributed by atoms with van der Waals surface area (Å²) in [6, 6.07) is 22.5. The van der Waals surface area contributed by atoms with Crippen LogP contribution in [0.5, 0.6) is 11.5 Å². The van der Waals surface area contributed by atoms with Gasteiger partial charge in [0.25, 0.3) is 5.56 Å². The Morgan fingerprint density at radius 1 is 1.06 bits per heavy atom. The standard InChI is InChI=1S/C27H25N3O4S/c1-2-18-11-13-19(14-12-18)28-25(31)17-35-27-29-22-8-4-3-7-21(22)26(32)30(27)15-20-16-33-23-9-5-6-10-24(23)34-20/h3-14,20H,2,15-17H2,1H3,(H,28,31). The van der Waals surface area contributed by atoms with E-state index in [-0.39, 0.29) is 29.9 Å². The number of amides is 1. The number of para-hydroxylation sites is 3. The molecular formula is C27H25N3O4S. The first-order valence-electron chi connectivity index (χ1n) is 11.5. The number of carbonyl (C=O) groups excluding carboxylic acids is 1. The normalized spacial score (nSPS) is 14.6. The van der Waals surface area contributed by atoms with Crippen molar-refractivity contribution in [3.63, 3.8) is 0 Å². The Kier molecular flexibility index (Phi) is 6.72. The second kappa shape index (κ2) is 10.2. The molecule has 4 aromatic rings. The van der Waals surface area contributed by atoms with Crippen molar-refractivity contribution in [2.24, 2.45) is 0 Å². The summed E-state index contributed by atoms with van der Waals surface area (Å²) in [6.07, 6.45) is 0.576. The summed E-state index contributed by atoms with van der Waals surface area (Å²) in [5.74, 6) is 1.28. The molecule has 0 bridgehead atoms. The molecule has 1 amide bonds. The molecule has 5 rings (SSSR count). The maximum Gasteiger partial charge on any atom is 0.262 e. The average molecular weight is 488 g/mol. The summed E-state index contributed by atoms with van der Waals surface area (Å²) in [6.45, 7) is 2.66. The highest BCUT2D eigenvalue weighted by Crippen LogP contribution is 2.31. The van der Waals surface area contributed by atoms with E-state index in [0.29, 0.717) is 34.2 Å². The van der Waals surface area contributed by atoms with Crippen molar-refractivity contribution in [1.29, 1.82) is 0 Å². The minimum Gasteiger partial charge on any atom is -0.486 e. The molecule has 2 heterocycles. The molecule has 1 aliphatic heterocycles. The lowest BCUT2D eigenvalue weighted by atomic mass is 10.1. The zero-order valence-electron chi connectivity index (χ0n) is 19.3. The molecule has 8 heteroatoms. The van der Waals surface area contributed by atoms with Crippen molar-refractivity contribution in [3.8, 4) is 11.5 Å². The summed E-state index contributed by atoms with van der Waals surface area (Å²) >= 11 is 1.23. The summed E-state index contributed by atoms with van der Waals surface area (Å²) in [5, 5.41) is 3.90. The number of hydrogen-bond donors (Lipinski definition) is 1. The average Bonchev–Trinajstić information content (AvgIpc) is 2.89. The fraction of sp³-hybridized carbons (Fsp3) is 0.222. The fourth-order valence-corrected chi connectivity index (χ4v) is 4.74. The number of benzene rings is 3. The molecule has 1 aromatic heterocycles. The van der Waals surface area contributed by atoms with Crippen LogP contribution in [0.4, 0.5) is 5.69 Å². The van der Waals surface area contributed by atoms with E-state index >= 15 is 0 Å². The van der Waals surface area contributed by atoms with Gasteiger partial charge in [-0.3, -0.25) is 14.2 Å². The van der Waals surface area contributed by atoms with Gasteiger partial charge in [0.2, 0.25) is 5.91 Å². The molecule has 1 atom stereocenters. The van der Waals surface area contributed by atoms with Crippen LogP contribution in [0.3, 0.4) is 0 Å². The Balaban J connectivity index is 1.36. The summed E-state index contributed by atoms with van der Waals surface area (Å²) < 4.78 is 13.5. The summed E-state index contributed by atoms with van der Waals surface area (Å²) in [7, 11) is 0. The van der Waals surface area contributed by atoms with Crippen LogP contribution in [0.1, 0.15) is 12.5 Å². The van der Waals surface area contributed by atoms with Crippen molar-refractivity contribution in [3.05, 3.63) is 88.7 Å². The first-order chi connectivity index (χ1) is 17.1. The van der Waals surface area contributed by atoms with Gasteiger partial charge < -0.3 is 14.8 Å². The van der Waals surface area contributed by atoms with Gasteiger partial charge in [-0.1, -0.05) is 55.1 Å². The Morgan fingerprint density at radius 2 is 1.80 bits per heavy atom. The molecule has 0 saturated carbocycles. The predicted octanol–water partition coefficient (Wildman–Crippen LogP) is 4.53. The lowest BCUT2D eigenvalue weighted by molar-refractivity contribution is -0.113. The van der Waals surface area contributed by atoms with Gasteiger partial charge in [-0.2, -0.15) is 0 Å². The molecule has 0 aliphatic carbocycles. The van der Waals surface area contributed by atoms with Crippen LogP contribution in [0.25, 0.3) is 10.9 Å². The molecule has 0 fully saturated rings. The summed E-state index contributed by atoms with van der Waals surface area (Å²) in [5.41, 5.74) is 2.37. The van der Waals surface area contributed by atoms with Gasteiger partial charge in [0.1, 0.15) is 6.61 Å². The highest BCUT2D eigenvalue weighted by Gasteiger charge is 2.24. The topological polar surface area (TPSA) is 82.5 Å². The fourth-order valence-electron chi connectivity index (χ4n) is 3.93. The zero-order chi connectivity index (χ0) is 24.2. The van der Waals surface area contributed by atoms with Crippen LogP contribution in [-0.4, -0.2) is 33.9 Å². The maximum absolute atomic E-state index is 13.4. The van der Waals surface area contributed by atoms with Crippen LogP contribution in [0.2, 0.25) is 0 Å². The smallest absolute Gasteiger partial charge is 0.262 e. The zero-order valence-corrected chi connectivity index (χ0v) is 20.1. The number of hydrogen-bond acceptors (Lipinski definition) is 6. The molecular weight excluding hydrogens is 462 g/mol. The maximum atomic E-state index is 13.4. The lowest BCUT2D eigenvalue weighted by Crippen LogP contribution is -2.37. The third kappa shape index (κ3) is 5.17. The van der Waals surface area contributed by atoms with E-state index in [9.17, 15) is 9.59 Å². The molecule has 0 radical (unpaired) electrons. The monoisotopic (exact) mass is 487 g/mol. The van der Waals surface area contributed by atoms with Crippen LogP contribution in [0, 0.1) is 0 Å². The highest BCUT2D eigenvalue weighted by molar-refractivity contribution is 7.99. The first-order valence-corrected chi connectivity index (χ1v) is 12.5. The number of ether oxygens (including phenoxy) is 2. The number of fused-ring (bicyclic) bond motifs is 2. The SMILES string of the molecule is CCc1ccc(NC(=O)CSc2nc3ccccc3c(=O)n2CC2COc3ccccc3O2)cc1. The Morgan fingerprint density at radius 3 is 2.60 bits per heavy atom. The molecule has 35 heavy (non-hydrogen) atoms. The minimum absolute atomic E-state index is 0.116. The minimum atomic E-state index is -0.365. The van der Waals surface area contributed by atoms with Crippen molar-refractivity contribution < 1.29 is 14.3 Å². The van der Waals surface area contributed by atoms with Gasteiger partial charge >= 0.3 is 0 Å². The molecule has 3 aromatic carbocycles. The molecule has 1 N–H and O–H groups in total. The van der Waals surface area contributed by atoms with Crippen molar-refractivity contribution in [2.75, 3.05) is 17.7 Å². The number of aromatic nitrogens is 2. The molecule has 7 nitrogen and oxygen atoms in total. The first kappa shape index (κ1) is 23.0. The van der Waals surface area contributed by atoms with E-state index in [1.54, 1.807) is 16.7 Å². The van der Waals surface area contributed by atoms with Gasteiger partial charge in [-0.15, -0.1) is 0 Å². The van der Waals surface area contributed by atoms with Crippen LogP contribution in [0.15, 0.2) is 82.7 Å². The second-order valence-corrected chi connectivity index (χ2v) is 9.15. The van der Waals surface area contributed by atoms with E-state index in [1.165, 1.54) is 17.3 Å². The third-order valence-electron chi connectivity index (χ3n) is 5.76. The molecule has 1 unspecified atom stereocenters. The molecule has 0 saturated heterocycles. The van der Waals surface area contributed by atoms with Gasteiger partial charge in [-0.25, -0.2) is 4.98 Å². The van der Waals surface area contributed by atoms with Crippen LogP contribution in [-0.2, 0) is 17.8 Å². The van der Waals surface area contributed by atoms with E-state index < -0.39 is 0 Å². The number of thioether (sulfide) groups is 1. The third-order valence-corrected chi connectivity index (χ3v) is 6.74. The van der Waals surface area contributed by atoms with Crippen molar-refractivity contribution >= 4 is 34.3 Å². The number of nitrogens with zero attached hydrogens (tertiary/aromatic N) is 2. The van der Waals surface area contributed by atoms with Crippen LogP contribution < -0.4 is 20.3 Å². The Labute approximate surface area is 207 Å². The largest absolute Gasteiger partial charge is 0.486 e. The highest BCUT2D eigenvalue weighted by atomic mass is 32.2. The number of carbonyl (C=O) groups is 1. The number of rotatable bonds is 7. The van der Waals surface area contributed by atoms with E-state index in [1.807, 2.05) is 60.7 Å². The van der Waals surface area contributed by atoms with Gasteiger partial charge in [0.05, 0.1) is 23.2 Å². The van der Waals surface area contributed by atoms with Gasteiger partial charge in [-0.05, 0) is 48.4 Å². The lowest BCUT2D eigenvalue weighted by Gasteiger charge is -2.27. The van der Waals surface area contributed by atoms with E-state index in [0.717, 1.165) is 12.1 Å². The van der Waals surface area contributed by atoms with Crippen molar-refractivity contribution in [1.82, 2.24) is 9.55 Å². The molecule has 0 spiro atoms. The quantitative estimate of drug-likeness (QED) is 0.305. The Hall–Kier alpha value is -3.78. The molecule has 1 aliphatic rings. The number of anilines is 1. The van der Waals surface area contributed by atoms with Crippen molar-refractivity contribution in [2.45, 2.75) is 31.1 Å². The van der Waals surface area contributed by atoms with Gasteiger partial charge in [0, 0.05) is 5.69 Å². The number of nitrogens with one attached hydrogen (secondary N) is 1.